The van der Waals surface area contributed by atoms with E-state index in [1.807, 2.05) is 12.1 Å². The highest BCUT2D eigenvalue weighted by molar-refractivity contribution is 6.31. The van der Waals surface area contributed by atoms with Gasteiger partial charge in [-0.05, 0) is 61.0 Å². The molecule has 3 rings (SSSR count). The van der Waals surface area contributed by atoms with E-state index in [1.165, 1.54) is 18.2 Å². The second-order valence-corrected chi connectivity index (χ2v) is 7.04. The number of aliphatic hydroxyl groups excluding tert-OH is 1. The van der Waals surface area contributed by atoms with Crippen LogP contribution in [0.25, 0.3) is 0 Å². The van der Waals surface area contributed by atoms with Crippen molar-refractivity contribution >= 4 is 23.3 Å². The van der Waals surface area contributed by atoms with E-state index in [-0.39, 0.29) is 10.6 Å². The number of rotatable bonds is 7. The summed E-state index contributed by atoms with van der Waals surface area (Å²) in [6, 6.07) is 13.4. The molecule has 0 spiro atoms. The lowest BCUT2D eigenvalue weighted by Gasteiger charge is -2.22. The normalized spacial score (nSPS) is 12.7. The second-order valence-electron chi connectivity index (χ2n) is 6.64. The first-order valence-electron chi connectivity index (χ1n) is 9.25. The third kappa shape index (κ3) is 5.68. The van der Waals surface area contributed by atoms with Crippen molar-refractivity contribution < 1.29 is 19.0 Å². The predicted molar refractivity (Wildman–Crippen MR) is 113 cm³/mol. The molecule has 0 aliphatic carbocycles. The van der Waals surface area contributed by atoms with Gasteiger partial charge in [-0.3, -0.25) is 4.98 Å². The third-order valence-corrected chi connectivity index (χ3v) is 4.72. The Labute approximate surface area is 178 Å². The molecule has 3 N–H and O–H groups in total. The van der Waals surface area contributed by atoms with Crippen LogP contribution in [0, 0.1) is 5.82 Å². The van der Waals surface area contributed by atoms with Crippen molar-refractivity contribution in [3.63, 3.8) is 0 Å². The molecule has 8 heteroatoms. The first-order chi connectivity index (χ1) is 14.4. The number of nitrogens with one attached hydrogen (secondary N) is 2. The van der Waals surface area contributed by atoms with E-state index in [0.29, 0.717) is 18.0 Å². The van der Waals surface area contributed by atoms with Crippen LogP contribution in [0.2, 0.25) is 5.02 Å². The molecule has 30 heavy (non-hydrogen) atoms. The summed E-state index contributed by atoms with van der Waals surface area (Å²) in [6.45, 7) is 1.97. The largest absolute Gasteiger partial charge is 0.489 e. The third-order valence-electron chi connectivity index (χ3n) is 4.39. The Morgan fingerprint density at radius 3 is 2.53 bits per heavy atom. The van der Waals surface area contributed by atoms with E-state index in [9.17, 15) is 14.3 Å². The van der Waals surface area contributed by atoms with Gasteiger partial charge in [-0.15, -0.1) is 0 Å². The summed E-state index contributed by atoms with van der Waals surface area (Å²) >= 11 is 5.97. The number of amides is 2. The van der Waals surface area contributed by atoms with Crippen molar-refractivity contribution in [1.82, 2.24) is 10.3 Å². The maximum atomic E-state index is 14.0. The zero-order valence-electron chi connectivity index (χ0n) is 16.2. The van der Waals surface area contributed by atoms with Gasteiger partial charge in [0.1, 0.15) is 24.3 Å². The predicted octanol–water partition coefficient (Wildman–Crippen LogP) is 4.70. The lowest BCUT2D eigenvalue weighted by molar-refractivity contribution is 0.135. The summed E-state index contributed by atoms with van der Waals surface area (Å²) in [6.07, 6.45) is 2.10. The molecule has 2 aromatic carbocycles. The maximum absolute atomic E-state index is 14.0. The van der Waals surface area contributed by atoms with Crippen molar-refractivity contribution in [3.05, 3.63) is 89.0 Å². The van der Waals surface area contributed by atoms with Gasteiger partial charge in [0.05, 0.1) is 6.04 Å². The number of hydrogen-bond donors (Lipinski definition) is 3. The van der Waals surface area contributed by atoms with Gasteiger partial charge in [-0.2, -0.15) is 0 Å². The number of aromatic nitrogens is 1. The zero-order valence-corrected chi connectivity index (χ0v) is 16.9. The molecule has 6 nitrogen and oxygen atoms in total. The van der Waals surface area contributed by atoms with E-state index in [2.05, 4.69) is 15.6 Å². The number of anilines is 1. The number of pyridine rings is 1. The summed E-state index contributed by atoms with van der Waals surface area (Å²) in [5, 5.41) is 15.7. The number of carbonyl (C=O) groups excluding carboxylic acids is 1. The molecule has 1 heterocycles. The van der Waals surface area contributed by atoms with Crippen molar-refractivity contribution in [2.24, 2.45) is 0 Å². The van der Waals surface area contributed by atoms with E-state index < -0.39 is 24.0 Å². The molecule has 156 valence electrons. The Kier molecular flexibility index (Phi) is 7.21. The van der Waals surface area contributed by atoms with Gasteiger partial charge in [0.2, 0.25) is 0 Å². The minimum atomic E-state index is -1.30. The fourth-order valence-electron chi connectivity index (χ4n) is 2.78. The number of aliphatic hydroxyl groups is 1. The van der Waals surface area contributed by atoms with Crippen LogP contribution in [0.3, 0.4) is 0 Å². The molecule has 2 amide bonds. The zero-order chi connectivity index (χ0) is 21.5. The van der Waals surface area contributed by atoms with Crippen LogP contribution in [0.4, 0.5) is 14.9 Å². The van der Waals surface area contributed by atoms with Crippen LogP contribution in [0.5, 0.6) is 5.75 Å². The number of benzene rings is 2. The van der Waals surface area contributed by atoms with Crippen LogP contribution in [0.1, 0.15) is 24.2 Å². The molecular weight excluding hydrogens is 409 g/mol. The quantitative estimate of drug-likeness (QED) is 0.508. The van der Waals surface area contributed by atoms with Crippen molar-refractivity contribution in [1.29, 1.82) is 0 Å². The number of hydrogen-bond acceptors (Lipinski definition) is 4. The van der Waals surface area contributed by atoms with Gasteiger partial charge in [0, 0.05) is 28.7 Å². The number of ether oxygens (including phenoxy) is 1. The second kappa shape index (κ2) is 10.0. The smallest absolute Gasteiger partial charge is 0.319 e. The Morgan fingerprint density at radius 1 is 1.17 bits per heavy atom. The molecule has 0 aliphatic heterocycles. The minimum absolute atomic E-state index is 0.0531. The number of urea groups is 1. The summed E-state index contributed by atoms with van der Waals surface area (Å²) in [5.74, 6) is 0.0159. The molecule has 0 bridgehead atoms. The van der Waals surface area contributed by atoms with E-state index in [0.717, 1.165) is 5.56 Å². The summed E-state index contributed by atoms with van der Waals surface area (Å²) in [7, 11) is 0. The van der Waals surface area contributed by atoms with Crippen LogP contribution in [-0.2, 0) is 6.61 Å². The van der Waals surface area contributed by atoms with Gasteiger partial charge in [0.15, 0.2) is 0 Å². The van der Waals surface area contributed by atoms with Gasteiger partial charge < -0.3 is 20.5 Å². The van der Waals surface area contributed by atoms with Crippen LogP contribution in [0.15, 0.2) is 67.0 Å². The molecule has 0 saturated carbocycles. The highest BCUT2D eigenvalue weighted by atomic mass is 35.5. The first kappa shape index (κ1) is 21.5. The molecule has 0 aliphatic rings. The summed E-state index contributed by atoms with van der Waals surface area (Å²) < 4.78 is 19.6. The standard InChI is InChI=1S/C22H21ClFN3O3/c1-14(21(28)20-18(23)3-2-4-19(20)24)26-22(29)27-16-5-7-17(8-6-16)30-13-15-9-11-25-12-10-15/h2-12,14,21,28H,13H2,1H3,(H2,26,27,29). The van der Waals surface area contributed by atoms with Crippen LogP contribution < -0.4 is 15.4 Å². The molecule has 0 fully saturated rings. The Bertz CT molecular complexity index is 966. The lowest BCUT2D eigenvalue weighted by atomic mass is 10.0. The summed E-state index contributed by atoms with van der Waals surface area (Å²) in [5.41, 5.74) is 1.48. The van der Waals surface area contributed by atoms with Crippen molar-refractivity contribution in [2.75, 3.05) is 5.32 Å². The Balaban J connectivity index is 1.53. The molecular formula is C22H21ClFN3O3. The van der Waals surface area contributed by atoms with E-state index >= 15 is 0 Å². The average Bonchev–Trinajstić information content (AvgIpc) is 2.73. The molecule has 2 unspecified atom stereocenters. The lowest BCUT2D eigenvalue weighted by Crippen LogP contribution is -2.40. The summed E-state index contributed by atoms with van der Waals surface area (Å²) in [4.78, 5) is 16.2. The molecule has 1 aromatic heterocycles. The first-order valence-corrected chi connectivity index (χ1v) is 9.63. The number of halogens is 2. The minimum Gasteiger partial charge on any atom is -0.489 e. The van der Waals surface area contributed by atoms with Gasteiger partial charge in [-0.25, -0.2) is 9.18 Å². The van der Waals surface area contributed by atoms with Crippen molar-refractivity contribution in [2.45, 2.75) is 25.7 Å². The topological polar surface area (TPSA) is 83.5 Å². The number of carbonyl (C=O) groups is 1. The fraction of sp³-hybridized carbons (Fsp3) is 0.182. The Hall–Kier alpha value is -3.16. The molecule has 2 atom stereocenters. The van der Waals surface area contributed by atoms with Crippen LogP contribution in [-0.4, -0.2) is 22.2 Å². The highest BCUT2D eigenvalue weighted by Gasteiger charge is 2.23. The van der Waals surface area contributed by atoms with Crippen molar-refractivity contribution in [3.8, 4) is 5.75 Å². The average molecular weight is 430 g/mol. The fourth-order valence-corrected chi connectivity index (χ4v) is 3.05. The van der Waals surface area contributed by atoms with Crippen LogP contribution >= 0.6 is 11.6 Å². The SMILES string of the molecule is CC(NC(=O)Nc1ccc(OCc2ccncc2)cc1)C(O)c1c(F)cccc1Cl. The Morgan fingerprint density at radius 2 is 1.87 bits per heavy atom. The van der Waals surface area contributed by atoms with E-state index in [4.69, 9.17) is 16.3 Å². The highest BCUT2D eigenvalue weighted by Crippen LogP contribution is 2.28. The van der Waals surface area contributed by atoms with Gasteiger partial charge in [-0.1, -0.05) is 17.7 Å². The van der Waals surface area contributed by atoms with E-state index in [1.54, 1.807) is 43.6 Å². The monoisotopic (exact) mass is 429 g/mol. The van der Waals surface area contributed by atoms with Gasteiger partial charge in [0.25, 0.3) is 0 Å². The molecule has 0 radical (unpaired) electrons. The number of nitrogens with zero attached hydrogens (tertiary/aromatic N) is 1. The maximum Gasteiger partial charge on any atom is 0.319 e. The molecule has 3 aromatic rings. The molecule has 0 saturated heterocycles. The van der Waals surface area contributed by atoms with Gasteiger partial charge >= 0.3 is 6.03 Å².